The fourth-order valence-corrected chi connectivity index (χ4v) is 1.61. The maximum atomic E-state index is 11.8. The summed E-state index contributed by atoms with van der Waals surface area (Å²) in [7, 11) is 0. The topological polar surface area (TPSA) is 75.1 Å². The molecule has 6 heteroatoms. The molecule has 5 nitrogen and oxygen atoms in total. The van der Waals surface area contributed by atoms with Crippen LogP contribution in [0, 0.1) is 0 Å². The van der Waals surface area contributed by atoms with E-state index in [0.717, 1.165) is 5.56 Å². The van der Waals surface area contributed by atoms with Crippen LogP contribution in [0.5, 0.6) is 0 Å². The van der Waals surface area contributed by atoms with Crippen LogP contribution >= 0.6 is 11.6 Å². The van der Waals surface area contributed by atoms with Crippen molar-refractivity contribution >= 4 is 23.2 Å². The van der Waals surface area contributed by atoms with E-state index in [4.69, 9.17) is 16.7 Å². The first kappa shape index (κ1) is 13.5. The van der Waals surface area contributed by atoms with E-state index in [2.05, 4.69) is 15.3 Å². The number of amides is 1. The summed E-state index contributed by atoms with van der Waals surface area (Å²) < 4.78 is 0. The quantitative estimate of drug-likeness (QED) is 0.895. The Morgan fingerprint density at radius 1 is 1.21 bits per heavy atom. The molecule has 0 aliphatic rings. The van der Waals surface area contributed by atoms with Gasteiger partial charge in [0.25, 0.3) is 5.91 Å². The molecule has 0 unspecified atom stereocenters. The monoisotopic (exact) mass is 277 g/mol. The van der Waals surface area contributed by atoms with Gasteiger partial charge in [-0.05, 0) is 24.1 Å². The van der Waals surface area contributed by atoms with Crippen molar-refractivity contribution < 1.29 is 9.90 Å². The van der Waals surface area contributed by atoms with E-state index in [1.54, 1.807) is 12.1 Å². The van der Waals surface area contributed by atoms with Gasteiger partial charge in [-0.2, -0.15) is 0 Å². The Labute approximate surface area is 115 Å². The number of benzene rings is 1. The lowest BCUT2D eigenvalue weighted by atomic mass is 10.1. The van der Waals surface area contributed by atoms with E-state index in [1.807, 2.05) is 12.1 Å². The van der Waals surface area contributed by atoms with Crippen LogP contribution in [0.3, 0.4) is 0 Å². The maximum absolute atomic E-state index is 11.8. The highest BCUT2D eigenvalue weighted by atomic mass is 35.5. The average molecular weight is 278 g/mol. The number of anilines is 1. The average Bonchev–Trinajstić information content (AvgIpc) is 2.42. The van der Waals surface area contributed by atoms with Crippen LogP contribution in [0.25, 0.3) is 0 Å². The molecule has 2 N–H and O–H groups in total. The number of aliphatic hydroxyl groups is 1. The second-order valence-electron chi connectivity index (χ2n) is 3.85. The van der Waals surface area contributed by atoms with Crippen molar-refractivity contribution in [1.82, 2.24) is 9.97 Å². The number of hydrogen-bond donors (Lipinski definition) is 2. The molecule has 0 aliphatic carbocycles. The highest BCUT2D eigenvalue weighted by molar-refractivity contribution is 6.29. The van der Waals surface area contributed by atoms with Gasteiger partial charge < -0.3 is 10.4 Å². The molecule has 19 heavy (non-hydrogen) atoms. The smallest absolute Gasteiger partial charge is 0.275 e. The summed E-state index contributed by atoms with van der Waals surface area (Å²) in [5.41, 5.74) is 1.86. The number of halogens is 1. The molecule has 2 aromatic rings. The van der Waals surface area contributed by atoms with Gasteiger partial charge >= 0.3 is 0 Å². The Bertz CT molecular complexity index is 555. The van der Waals surface area contributed by atoms with E-state index in [9.17, 15) is 4.79 Å². The van der Waals surface area contributed by atoms with Crippen molar-refractivity contribution in [3.63, 3.8) is 0 Å². The Morgan fingerprint density at radius 2 is 1.95 bits per heavy atom. The van der Waals surface area contributed by atoms with Crippen LogP contribution in [0.2, 0.25) is 5.15 Å². The van der Waals surface area contributed by atoms with Gasteiger partial charge in [-0.1, -0.05) is 23.7 Å². The first-order chi connectivity index (χ1) is 9.19. The molecule has 1 heterocycles. The Kier molecular flexibility index (Phi) is 4.43. The van der Waals surface area contributed by atoms with Crippen LogP contribution in [0.15, 0.2) is 36.7 Å². The molecular weight excluding hydrogens is 266 g/mol. The molecule has 2 rings (SSSR count). The van der Waals surface area contributed by atoms with Crippen molar-refractivity contribution in [2.45, 2.75) is 6.42 Å². The minimum absolute atomic E-state index is 0.103. The SMILES string of the molecule is O=C(Nc1ccc(CCO)cc1)c1cnc(Cl)cn1. The first-order valence-electron chi connectivity index (χ1n) is 5.68. The fourth-order valence-electron chi connectivity index (χ4n) is 1.51. The molecule has 0 aliphatic heterocycles. The molecule has 1 amide bonds. The van der Waals surface area contributed by atoms with Crippen LogP contribution in [0.1, 0.15) is 16.1 Å². The maximum Gasteiger partial charge on any atom is 0.275 e. The third-order valence-corrected chi connectivity index (χ3v) is 2.66. The zero-order valence-electron chi connectivity index (χ0n) is 10.0. The van der Waals surface area contributed by atoms with Gasteiger partial charge in [0.15, 0.2) is 0 Å². The van der Waals surface area contributed by atoms with Gasteiger partial charge in [-0.3, -0.25) is 4.79 Å². The number of carbonyl (C=O) groups excluding carboxylic acids is 1. The number of aliphatic hydroxyl groups excluding tert-OH is 1. The summed E-state index contributed by atoms with van der Waals surface area (Å²) in [6, 6.07) is 7.23. The highest BCUT2D eigenvalue weighted by Crippen LogP contribution is 2.11. The zero-order chi connectivity index (χ0) is 13.7. The van der Waals surface area contributed by atoms with Crippen LogP contribution < -0.4 is 5.32 Å². The number of nitrogens with one attached hydrogen (secondary N) is 1. The standard InChI is InChI=1S/C13H12ClN3O2/c14-12-8-15-11(7-16-12)13(19)17-10-3-1-9(2-4-10)5-6-18/h1-4,7-8,18H,5-6H2,(H,17,19). The summed E-state index contributed by atoms with van der Waals surface area (Å²) in [6.45, 7) is 0.103. The summed E-state index contributed by atoms with van der Waals surface area (Å²) in [5.74, 6) is -0.348. The molecule has 0 saturated heterocycles. The third-order valence-electron chi connectivity index (χ3n) is 2.47. The molecule has 1 aromatic heterocycles. The van der Waals surface area contributed by atoms with Gasteiger partial charge in [-0.15, -0.1) is 0 Å². The van der Waals surface area contributed by atoms with Gasteiger partial charge in [0.1, 0.15) is 10.8 Å². The molecule has 98 valence electrons. The number of hydrogen-bond acceptors (Lipinski definition) is 4. The lowest BCUT2D eigenvalue weighted by Crippen LogP contribution is -2.13. The van der Waals surface area contributed by atoms with Crippen molar-refractivity contribution in [2.75, 3.05) is 11.9 Å². The third kappa shape index (κ3) is 3.74. The minimum atomic E-state index is -0.348. The zero-order valence-corrected chi connectivity index (χ0v) is 10.8. The first-order valence-corrected chi connectivity index (χ1v) is 6.05. The number of carbonyl (C=O) groups is 1. The minimum Gasteiger partial charge on any atom is -0.396 e. The van der Waals surface area contributed by atoms with Gasteiger partial charge in [0.05, 0.1) is 12.4 Å². The van der Waals surface area contributed by atoms with Gasteiger partial charge in [0, 0.05) is 12.3 Å². The van der Waals surface area contributed by atoms with E-state index in [0.29, 0.717) is 12.1 Å². The van der Waals surface area contributed by atoms with Crippen LogP contribution in [-0.4, -0.2) is 27.6 Å². The second-order valence-corrected chi connectivity index (χ2v) is 4.24. The van der Waals surface area contributed by atoms with Crippen LogP contribution in [-0.2, 0) is 6.42 Å². The largest absolute Gasteiger partial charge is 0.396 e. The molecule has 0 bridgehead atoms. The Balaban J connectivity index is 2.04. The van der Waals surface area contributed by atoms with Gasteiger partial charge in [-0.25, -0.2) is 9.97 Å². The number of rotatable bonds is 4. The van der Waals surface area contributed by atoms with Crippen LogP contribution in [0.4, 0.5) is 5.69 Å². The van der Waals surface area contributed by atoms with E-state index in [1.165, 1.54) is 12.4 Å². The van der Waals surface area contributed by atoms with Crippen molar-refractivity contribution in [2.24, 2.45) is 0 Å². The van der Waals surface area contributed by atoms with Crippen molar-refractivity contribution in [3.8, 4) is 0 Å². The second kappa shape index (κ2) is 6.26. The number of aromatic nitrogens is 2. The highest BCUT2D eigenvalue weighted by Gasteiger charge is 2.08. The lowest BCUT2D eigenvalue weighted by molar-refractivity contribution is 0.102. The summed E-state index contributed by atoms with van der Waals surface area (Å²) in [5, 5.41) is 11.8. The Hall–Kier alpha value is -1.98. The molecular formula is C13H12ClN3O2. The van der Waals surface area contributed by atoms with Crippen molar-refractivity contribution in [1.29, 1.82) is 0 Å². The number of nitrogens with zero attached hydrogens (tertiary/aromatic N) is 2. The molecule has 0 radical (unpaired) electrons. The fraction of sp³-hybridized carbons (Fsp3) is 0.154. The van der Waals surface area contributed by atoms with E-state index >= 15 is 0 Å². The molecule has 1 aromatic carbocycles. The predicted octanol–water partition coefficient (Wildman–Crippen LogP) is 1.92. The Morgan fingerprint density at radius 3 is 2.53 bits per heavy atom. The summed E-state index contributed by atoms with van der Waals surface area (Å²) in [4.78, 5) is 19.5. The molecule has 0 spiro atoms. The molecule has 0 saturated carbocycles. The van der Waals surface area contributed by atoms with E-state index < -0.39 is 0 Å². The van der Waals surface area contributed by atoms with E-state index in [-0.39, 0.29) is 23.4 Å². The lowest BCUT2D eigenvalue weighted by Gasteiger charge is -2.05. The predicted molar refractivity (Wildman–Crippen MR) is 72.2 cm³/mol. The normalized spacial score (nSPS) is 10.2. The summed E-state index contributed by atoms with van der Waals surface area (Å²) >= 11 is 5.60. The van der Waals surface area contributed by atoms with Gasteiger partial charge in [0.2, 0.25) is 0 Å². The van der Waals surface area contributed by atoms with Crippen molar-refractivity contribution in [3.05, 3.63) is 53.1 Å². The summed E-state index contributed by atoms with van der Waals surface area (Å²) in [6.07, 6.45) is 3.23. The molecule has 0 atom stereocenters. The molecule has 0 fully saturated rings.